The van der Waals surface area contributed by atoms with E-state index >= 15 is 0 Å². The Balaban J connectivity index is 1.37. The Hall–Kier alpha value is -4.26. The lowest BCUT2D eigenvalue weighted by Crippen LogP contribution is -2.19. The lowest BCUT2D eigenvalue weighted by atomic mass is 10.2. The second-order valence-electron chi connectivity index (χ2n) is 7.20. The summed E-state index contributed by atoms with van der Waals surface area (Å²) in [5.41, 5.74) is 4.53. The third kappa shape index (κ3) is 3.69. The van der Waals surface area contributed by atoms with Crippen molar-refractivity contribution in [1.29, 1.82) is 0 Å². The van der Waals surface area contributed by atoms with Gasteiger partial charge in [-0.3, -0.25) is 0 Å². The number of amides is 2. The number of methoxy groups -OCH3 is 1. The van der Waals surface area contributed by atoms with Gasteiger partial charge in [0.15, 0.2) is 0 Å². The molecule has 0 spiro atoms. The molecule has 7 nitrogen and oxygen atoms in total. The molecule has 0 saturated heterocycles. The van der Waals surface area contributed by atoms with Gasteiger partial charge in [0.1, 0.15) is 11.4 Å². The van der Waals surface area contributed by atoms with E-state index in [1.54, 1.807) is 37.6 Å². The molecule has 0 aliphatic rings. The normalized spacial score (nSPS) is 11.0. The molecule has 31 heavy (non-hydrogen) atoms. The van der Waals surface area contributed by atoms with Crippen LogP contribution in [-0.2, 0) is 6.54 Å². The first-order valence-electron chi connectivity index (χ1n) is 9.92. The van der Waals surface area contributed by atoms with Crippen LogP contribution >= 0.6 is 0 Å². The maximum Gasteiger partial charge on any atom is 0.323 e. The number of pyridine rings is 1. The molecule has 2 aromatic carbocycles. The summed E-state index contributed by atoms with van der Waals surface area (Å²) in [6, 6.07) is 18.8. The molecule has 3 N–H and O–H groups in total. The van der Waals surface area contributed by atoms with Gasteiger partial charge in [0.2, 0.25) is 0 Å². The fourth-order valence-electron chi connectivity index (χ4n) is 3.76. The van der Waals surface area contributed by atoms with Crippen LogP contribution in [0.5, 0.6) is 5.75 Å². The number of benzene rings is 2. The molecule has 5 rings (SSSR count). The molecular formula is C24H21N5O2. The molecule has 7 heteroatoms. The molecule has 5 aromatic rings. The fourth-order valence-corrected chi connectivity index (χ4v) is 3.76. The van der Waals surface area contributed by atoms with Gasteiger partial charge >= 0.3 is 6.03 Å². The van der Waals surface area contributed by atoms with Crippen molar-refractivity contribution in [2.45, 2.75) is 6.54 Å². The number of ether oxygens (including phenoxy) is 1. The predicted octanol–water partition coefficient (Wildman–Crippen LogP) is 5.22. The number of nitrogens with zero attached hydrogens (tertiary/aromatic N) is 2. The van der Waals surface area contributed by atoms with Crippen LogP contribution in [0.15, 0.2) is 79.3 Å². The maximum absolute atomic E-state index is 12.5. The van der Waals surface area contributed by atoms with Crippen LogP contribution in [0, 0.1) is 0 Å². The minimum Gasteiger partial charge on any atom is -0.497 e. The SMILES string of the molecule is COc1ccc(NC(=O)Nc2cccc3c2ccn3Cc2c[nH]c3ncccc23)cc1. The molecule has 0 aliphatic carbocycles. The Morgan fingerprint density at radius 3 is 2.74 bits per heavy atom. The molecule has 0 bridgehead atoms. The number of carbonyl (C=O) groups is 1. The van der Waals surface area contributed by atoms with Gasteiger partial charge in [-0.25, -0.2) is 9.78 Å². The van der Waals surface area contributed by atoms with Crippen molar-refractivity contribution in [3.05, 3.63) is 84.8 Å². The molecule has 0 fully saturated rings. The van der Waals surface area contributed by atoms with E-state index < -0.39 is 0 Å². The first-order valence-corrected chi connectivity index (χ1v) is 9.92. The second-order valence-corrected chi connectivity index (χ2v) is 7.20. The number of anilines is 2. The standard InChI is InChI=1S/C24H21N5O2/c1-31-18-9-7-17(8-10-18)27-24(30)28-21-5-2-6-22-20(21)11-13-29(22)15-16-14-26-23-19(16)4-3-12-25-23/h2-14H,15H2,1H3,(H,25,26)(H2,27,28,30). The van der Waals surface area contributed by atoms with Crippen molar-refractivity contribution in [3.8, 4) is 5.75 Å². The Labute approximate surface area is 178 Å². The summed E-state index contributed by atoms with van der Waals surface area (Å²) < 4.78 is 7.31. The third-order valence-corrected chi connectivity index (χ3v) is 5.29. The highest BCUT2D eigenvalue weighted by atomic mass is 16.5. The topological polar surface area (TPSA) is 84.0 Å². The molecule has 0 saturated carbocycles. The zero-order valence-corrected chi connectivity index (χ0v) is 16.9. The van der Waals surface area contributed by atoms with Gasteiger partial charge in [-0.05, 0) is 60.2 Å². The number of hydrogen-bond acceptors (Lipinski definition) is 3. The van der Waals surface area contributed by atoms with Gasteiger partial charge in [-0.2, -0.15) is 0 Å². The minimum absolute atomic E-state index is 0.298. The summed E-state index contributed by atoms with van der Waals surface area (Å²) >= 11 is 0. The molecule has 3 aromatic heterocycles. The number of rotatable bonds is 5. The number of aromatic nitrogens is 3. The van der Waals surface area contributed by atoms with Crippen molar-refractivity contribution in [2.24, 2.45) is 0 Å². The van der Waals surface area contributed by atoms with Crippen molar-refractivity contribution in [2.75, 3.05) is 17.7 Å². The van der Waals surface area contributed by atoms with Crippen molar-refractivity contribution in [1.82, 2.24) is 14.5 Å². The number of nitrogens with one attached hydrogen (secondary N) is 3. The summed E-state index contributed by atoms with van der Waals surface area (Å²) in [5.74, 6) is 0.739. The Morgan fingerprint density at radius 2 is 1.90 bits per heavy atom. The monoisotopic (exact) mass is 411 g/mol. The Morgan fingerprint density at radius 1 is 1.03 bits per heavy atom. The number of H-pyrrole nitrogens is 1. The van der Waals surface area contributed by atoms with E-state index in [-0.39, 0.29) is 6.03 Å². The second kappa shape index (κ2) is 7.87. The van der Waals surface area contributed by atoms with Crippen LogP contribution in [0.2, 0.25) is 0 Å². The molecule has 0 atom stereocenters. The first-order chi connectivity index (χ1) is 15.2. The zero-order chi connectivity index (χ0) is 21.2. The highest BCUT2D eigenvalue weighted by Crippen LogP contribution is 2.27. The van der Waals surface area contributed by atoms with Crippen molar-refractivity contribution < 1.29 is 9.53 Å². The number of hydrogen-bond donors (Lipinski definition) is 3. The molecule has 3 heterocycles. The van der Waals surface area contributed by atoms with E-state index in [1.165, 1.54) is 0 Å². The van der Waals surface area contributed by atoms with Gasteiger partial charge in [-0.1, -0.05) is 6.07 Å². The number of carbonyl (C=O) groups excluding carboxylic acids is 1. The van der Waals surface area contributed by atoms with Gasteiger partial charge in [0.25, 0.3) is 0 Å². The summed E-state index contributed by atoms with van der Waals surface area (Å²) in [4.78, 5) is 20.1. The predicted molar refractivity (Wildman–Crippen MR) is 123 cm³/mol. The molecular weight excluding hydrogens is 390 g/mol. The van der Waals surface area contributed by atoms with Gasteiger partial charge in [0.05, 0.1) is 18.3 Å². The number of urea groups is 1. The Bertz CT molecular complexity index is 1370. The fraction of sp³-hybridized carbons (Fsp3) is 0.0833. The molecule has 2 amide bonds. The van der Waals surface area contributed by atoms with E-state index in [0.717, 1.165) is 38.9 Å². The summed E-state index contributed by atoms with van der Waals surface area (Å²) in [7, 11) is 1.61. The molecule has 0 aliphatic heterocycles. The van der Waals surface area contributed by atoms with Crippen LogP contribution < -0.4 is 15.4 Å². The summed E-state index contributed by atoms with van der Waals surface area (Å²) in [6.45, 7) is 0.705. The highest BCUT2D eigenvalue weighted by Gasteiger charge is 2.11. The molecule has 0 radical (unpaired) electrons. The average Bonchev–Trinajstić information content (AvgIpc) is 3.40. The van der Waals surface area contributed by atoms with E-state index in [0.29, 0.717) is 12.2 Å². The summed E-state index contributed by atoms with van der Waals surface area (Å²) in [5, 5.41) is 7.89. The smallest absolute Gasteiger partial charge is 0.323 e. The summed E-state index contributed by atoms with van der Waals surface area (Å²) in [6.07, 6.45) is 5.81. The van der Waals surface area contributed by atoms with Crippen LogP contribution in [0.1, 0.15) is 5.56 Å². The average molecular weight is 411 g/mol. The molecule has 0 unspecified atom stereocenters. The largest absolute Gasteiger partial charge is 0.497 e. The van der Waals surface area contributed by atoms with Crippen LogP contribution in [0.25, 0.3) is 21.9 Å². The van der Waals surface area contributed by atoms with Crippen LogP contribution in [-0.4, -0.2) is 27.7 Å². The van der Waals surface area contributed by atoms with Crippen LogP contribution in [0.3, 0.4) is 0 Å². The highest BCUT2D eigenvalue weighted by molar-refractivity contribution is 6.05. The van der Waals surface area contributed by atoms with Gasteiger partial charge < -0.3 is 24.9 Å². The quantitative estimate of drug-likeness (QED) is 0.371. The van der Waals surface area contributed by atoms with Crippen molar-refractivity contribution >= 4 is 39.3 Å². The van der Waals surface area contributed by atoms with Crippen LogP contribution in [0.4, 0.5) is 16.2 Å². The third-order valence-electron chi connectivity index (χ3n) is 5.29. The number of fused-ring (bicyclic) bond motifs is 2. The Kier molecular flexibility index (Phi) is 4.76. The van der Waals surface area contributed by atoms with Gasteiger partial charge in [0, 0.05) is 41.6 Å². The van der Waals surface area contributed by atoms with E-state index in [9.17, 15) is 4.79 Å². The van der Waals surface area contributed by atoms with E-state index in [2.05, 4.69) is 37.3 Å². The van der Waals surface area contributed by atoms with E-state index in [1.807, 2.05) is 36.7 Å². The van der Waals surface area contributed by atoms with E-state index in [4.69, 9.17) is 4.74 Å². The number of aromatic amines is 1. The minimum atomic E-state index is -0.298. The first kappa shape index (κ1) is 18.7. The maximum atomic E-state index is 12.5. The lowest BCUT2D eigenvalue weighted by molar-refractivity contribution is 0.262. The van der Waals surface area contributed by atoms with Crippen molar-refractivity contribution in [3.63, 3.8) is 0 Å². The van der Waals surface area contributed by atoms with Gasteiger partial charge in [-0.15, -0.1) is 0 Å². The lowest BCUT2D eigenvalue weighted by Gasteiger charge is -2.10. The molecule has 154 valence electrons. The zero-order valence-electron chi connectivity index (χ0n) is 16.9.